The molecule has 2 N–H and O–H groups in total. The van der Waals surface area contributed by atoms with E-state index in [0.717, 1.165) is 31.7 Å². The highest BCUT2D eigenvalue weighted by molar-refractivity contribution is 5.67. The number of likely N-dealkylation sites (tertiary alicyclic amines) is 1. The Morgan fingerprint density at radius 2 is 1.77 bits per heavy atom. The zero-order chi connectivity index (χ0) is 24.3. The van der Waals surface area contributed by atoms with Crippen molar-refractivity contribution in [3.63, 3.8) is 0 Å². The van der Waals surface area contributed by atoms with Crippen molar-refractivity contribution in [2.45, 2.75) is 44.2 Å². The van der Waals surface area contributed by atoms with Gasteiger partial charge in [0.1, 0.15) is 18.2 Å². The molecule has 0 saturated carbocycles. The number of para-hydroxylation sites is 1. The zero-order valence-corrected chi connectivity index (χ0v) is 19.8. The molecule has 6 heteroatoms. The van der Waals surface area contributed by atoms with Crippen LogP contribution in [0.2, 0.25) is 0 Å². The van der Waals surface area contributed by atoms with Gasteiger partial charge in [0, 0.05) is 36.7 Å². The third-order valence-corrected chi connectivity index (χ3v) is 7.40. The molecule has 0 bridgehead atoms. The number of ether oxygens (including phenoxy) is 1. The van der Waals surface area contributed by atoms with Gasteiger partial charge in [-0.25, -0.2) is 4.39 Å². The molecule has 3 aromatic carbocycles. The van der Waals surface area contributed by atoms with Crippen LogP contribution in [0.3, 0.4) is 0 Å². The predicted molar refractivity (Wildman–Crippen MR) is 134 cm³/mol. The highest BCUT2D eigenvalue weighted by atomic mass is 19.1. The first-order chi connectivity index (χ1) is 17.0. The van der Waals surface area contributed by atoms with Crippen LogP contribution in [0.15, 0.2) is 66.7 Å². The van der Waals surface area contributed by atoms with Crippen molar-refractivity contribution < 1.29 is 19.0 Å². The number of rotatable bonds is 8. The molecule has 3 aromatic rings. The Kier molecular flexibility index (Phi) is 6.73. The fourth-order valence-corrected chi connectivity index (χ4v) is 5.27. The quantitative estimate of drug-likeness (QED) is 0.459. The third-order valence-electron chi connectivity index (χ3n) is 7.40. The number of nitrogens with zero attached hydrogens (tertiary/aromatic N) is 1. The predicted octanol–water partition coefficient (Wildman–Crippen LogP) is 5.38. The number of aliphatic carboxylic acids is 1. The van der Waals surface area contributed by atoms with E-state index in [9.17, 15) is 9.18 Å². The minimum Gasteiger partial charge on any atom is -0.489 e. The molecular formula is C29H31FN2O3. The molecule has 0 aliphatic carbocycles. The van der Waals surface area contributed by atoms with Crippen LogP contribution in [0.25, 0.3) is 0 Å². The van der Waals surface area contributed by atoms with Crippen LogP contribution in [0, 0.1) is 5.82 Å². The van der Waals surface area contributed by atoms with Crippen molar-refractivity contribution in [2.75, 3.05) is 25.0 Å². The molecule has 35 heavy (non-hydrogen) atoms. The number of hydrogen-bond donors (Lipinski definition) is 2. The molecule has 0 radical (unpaired) electrons. The number of halogens is 1. The Morgan fingerprint density at radius 1 is 1.03 bits per heavy atom. The number of nitrogens with one attached hydrogen (secondary N) is 1. The summed E-state index contributed by atoms with van der Waals surface area (Å²) in [6, 6.07) is 21.8. The summed E-state index contributed by atoms with van der Waals surface area (Å²) >= 11 is 0. The van der Waals surface area contributed by atoms with Crippen LogP contribution in [-0.4, -0.2) is 35.6 Å². The molecule has 5 rings (SSSR count). The molecule has 0 atom stereocenters. The first kappa shape index (κ1) is 23.4. The number of hydrogen-bond acceptors (Lipinski definition) is 4. The van der Waals surface area contributed by atoms with Crippen molar-refractivity contribution in [2.24, 2.45) is 0 Å². The molecule has 0 unspecified atom stereocenters. The smallest absolute Gasteiger partial charge is 0.303 e. The van der Waals surface area contributed by atoms with Gasteiger partial charge < -0.3 is 15.2 Å². The fraction of sp³-hybridized carbons (Fsp3) is 0.345. The number of carboxylic acids is 1. The molecule has 1 fully saturated rings. The van der Waals surface area contributed by atoms with Crippen LogP contribution < -0.4 is 10.1 Å². The van der Waals surface area contributed by atoms with E-state index >= 15 is 0 Å². The monoisotopic (exact) mass is 474 g/mol. The summed E-state index contributed by atoms with van der Waals surface area (Å²) in [7, 11) is 0. The summed E-state index contributed by atoms with van der Waals surface area (Å²) in [6.07, 6.45) is 2.43. The zero-order valence-electron chi connectivity index (χ0n) is 19.8. The Bertz CT molecular complexity index is 1190. The van der Waals surface area contributed by atoms with Gasteiger partial charge in [-0.3, -0.25) is 9.69 Å². The Hall–Kier alpha value is -3.38. The van der Waals surface area contributed by atoms with Gasteiger partial charge in [-0.15, -0.1) is 0 Å². The highest BCUT2D eigenvalue weighted by Crippen LogP contribution is 2.43. The van der Waals surface area contributed by atoms with Crippen LogP contribution in [0.5, 0.6) is 5.75 Å². The second kappa shape index (κ2) is 10.1. The lowest BCUT2D eigenvalue weighted by atomic mass is 9.74. The van der Waals surface area contributed by atoms with Crippen molar-refractivity contribution in [1.82, 2.24) is 4.90 Å². The highest BCUT2D eigenvalue weighted by Gasteiger charge is 2.41. The van der Waals surface area contributed by atoms with Crippen LogP contribution in [-0.2, 0) is 29.8 Å². The SMILES string of the molecule is O=C(O)CCc1ccc(OCc2ccc(CN3CCC4(CC3)CNc3ccccc34)cc2)cc1F. The van der Waals surface area contributed by atoms with Gasteiger partial charge in [0.05, 0.1) is 0 Å². The first-order valence-electron chi connectivity index (χ1n) is 12.3. The van der Waals surface area contributed by atoms with E-state index < -0.39 is 11.8 Å². The van der Waals surface area contributed by atoms with Gasteiger partial charge in [0.15, 0.2) is 0 Å². The minimum atomic E-state index is -0.936. The third kappa shape index (κ3) is 5.33. The van der Waals surface area contributed by atoms with Gasteiger partial charge in [0.25, 0.3) is 0 Å². The molecule has 2 aliphatic heterocycles. The number of carboxylic acid groups (broad SMARTS) is 1. The van der Waals surface area contributed by atoms with Crippen molar-refractivity contribution in [1.29, 1.82) is 0 Å². The first-order valence-corrected chi connectivity index (χ1v) is 12.3. The molecule has 0 aromatic heterocycles. The standard InChI is InChI=1S/C29H31FN2O3/c30-26-17-24(11-9-23(26)10-12-28(33)34)35-19-22-7-5-21(6-8-22)18-32-15-13-29(14-16-32)20-31-27-4-2-1-3-25(27)29/h1-9,11,17,31H,10,12-16,18-20H2,(H,33,34). The summed E-state index contributed by atoms with van der Waals surface area (Å²) < 4.78 is 19.9. The lowest BCUT2D eigenvalue weighted by molar-refractivity contribution is -0.136. The lowest BCUT2D eigenvalue weighted by Crippen LogP contribution is -2.43. The minimum absolute atomic E-state index is 0.0903. The lowest BCUT2D eigenvalue weighted by Gasteiger charge is -2.39. The molecule has 5 nitrogen and oxygen atoms in total. The summed E-state index contributed by atoms with van der Waals surface area (Å²) in [4.78, 5) is 13.2. The number of benzene rings is 3. The van der Waals surface area contributed by atoms with Gasteiger partial charge in [-0.05, 0) is 66.7 Å². The topological polar surface area (TPSA) is 61.8 Å². The van der Waals surface area contributed by atoms with E-state index in [0.29, 0.717) is 17.9 Å². The van der Waals surface area contributed by atoms with Crippen molar-refractivity contribution >= 4 is 11.7 Å². The normalized spacial score (nSPS) is 16.6. The molecule has 182 valence electrons. The van der Waals surface area contributed by atoms with Gasteiger partial charge in [-0.1, -0.05) is 48.5 Å². The van der Waals surface area contributed by atoms with E-state index in [-0.39, 0.29) is 18.3 Å². The maximum Gasteiger partial charge on any atom is 0.303 e. The maximum atomic E-state index is 14.2. The van der Waals surface area contributed by atoms with Crippen LogP contribution >= 0.6 is 0 Å². The van der Waals surface area contributed by atoms with Crippen molar-refractivity contribution in [3.05, 3.63) is 94.8 Å². The number of anilines is 1. The van der Waals surface area contributed by atoms with Gasteiger partial charge in [-0.2, -0.15) is 0 Å². The number of piperidine rings is 1. The molecule has 1 saturated heterocycles. The molecule has 0 amide bonds. The average Bonchev–Trinajstić information content (AvgIpc) is 3.22. The van der Waals surface area contributed by atoms with E-state index in [1.165, 1.54) is 35.7 Å². The number of fused-ring (bicyclic) bond motifs is 2. The Balaban J connectivity index is 1.11. The van der Waals surface area contributed by atoms with Crippen LogP contribution in [0.4, 0.5) is 10.1 Å². The van der Waals surface area contributed by atoms with Gasteiger partial charge in [0.2, 0.25) is 0 Å². The second-order valence-corrected chi connectivity index (χ2v) is 9.71. The summed E-state index contributed by atoms with van der Waals surface area (Å²) in [5.74, 6) is -0.926. The summed E-state index contributed by atoms with van der Waals surface area (Å²) in [5, 5.41) is 12.4. The maximum absolute atomic E-state index is 14.2. The molecule has 1 spiro atoms. The fourth-order valence-electron chi connectivity index (χ4n) is 5.27. The second-order valence-electron chi connectivity index (χ2n) is 9.71. The van der Waals surface area contributed by atoms with E-state index in [4.69, 9.17) is 9.84 Å². The molecular weight excluding hydrogens is 443 g/mol. The van der Waals surface area contributed by atoms with E-state index in [1.54, 1.807) is 12.1 Å². The van der Waals surface area contributed by atoms with Gasteiger partial charge >= 0.3 is 5.97 Å². The van der Waals surface area contributed by atoms with E-state index in [1.807, 2.05) is 0 Å². The number of carbonyl (C=O) groups is 1. The average molecular weight is 475 g/mol. The summed E-state index contributed by atoms with van der Waals surface area (Å²) in [6.45, 7) is 4.52. The van der Waals surface area contributed by atoms with E-state index in [2.05, 4.69) is 58.7 Å². The Morgan fingerprint density at radius 3 is 2.51 bits per heavy atom. The molecule has 2 heterocycles. The summed E-state index contributed by atoms with van der Waals surface area (Å²) in [5.41, 5.74) is 5.76. The van der Waals surface area contributed by atoms with Crippen LogP contribution in [0.1, 0.15) is 41.5 Å². The van der Waals surface area contributed by atoms with Crippen molar-refractivity contribution in [3.8, 4) is 5.75 Å². The Labute approximate surface area is 205 Å². The number of aryl methyl sites for hydroxylation is 1. The molecule has 2 aliphatic rings. The largest absolute Gasteiger partial charge is 0.489 e.